The number of carbonyl (C=O) groups excluding carboxylic acids is 1. The first-order valence-electron chi connectivity index (χ1n) is 7.75. The molecule has 24 heavy (non-hydrogen) atoms. The van der Waals surface area contributed by atoms with Crippen molar-refractivity contribution in [2.75, 3.05) is 6.61 Å². The average molecular weight is 389 g/mol. The van der Waals surface area contributed by atoms with Crippen LogP contribution in [0.2, 0.25) is 0 Å². The molecule has 1 aliphatic heterocycles. The Hall–Kier alpha value is -2.09. The molecule has 1 aromatic carbocycles. The molecule has 124 valence electrons. The molecule has 0 radical (unpaired) electrons. The molecule has 1 aliphatic rings. The van der Waals surface area contributed by atoms with Crippen LogP contribution in [0.15, 0.2) is 12.1 Å². The fraction of sp³-hybridized carbons (Fsp3) is 0.389. The number of aryl methyl sites for hydroxylation is 1. The van der Waals surface area contributed by atoms with Crippen LogP contribution in [0.4, 0.5) is 0 Å². The van der Waals surface area contributed by atoms with E-state index < -0.39 is 0 Å². The van der Waals surface area contributed by atoms with Gasteiger partial charge in [-0.25, -0.2) is 0 Å². The monoisotopic (exact) mass is 390 g/mol. The zero-order valence-corrected chi connectivity index (χ0v) is 15.8. The molecule has 0 unspecified atom stereocenters. The van der Waals surface area contributed by atoms with Gasteiger partial charge in [0.1, 0.15) is 0 Å². The molecule has 0 fully saturated rings. The van der Waals surface area contributed by atoms with Crippen LogP contribution in [-0.4, -0.2) is 37.7 Å². The fourth-order valence-electron chi connectivity index (χ4n) is 2.82. The predicted octanol–water partition coefficient (Wildman–Crippen LogP) is 2.88. The second-order valence-corrected chi connectivity index (χ2v) is 8.41. The van der Waals surface area contributed by atoms with Crippen molar-refractivity contribution in [2.24, 2.45) is 0 Å². The van der Waals surface area contributed by atoms with Gasteiger partial charge >= 0.3 is 147 Å². The second-order valence-electron chi connectivity index (χ2n) is 6.32. The summed E-state index contributed by atoms with van der Waals surface area (Å²) in [4.78, 5) is 16.6. The van der Waals surface area contributed by atoms with E-state index in [1.54, 1.807) is 6.92 Å². The van der Waals surface area contributed by atoms with Gasteiger partial charge in [0, 0.05) is 0 Å². The number of carbonyl (C=O) groups is 1. The molecule has 3 rings (SSSR count). The van der Waals surface area contributed by atoms with Crippen LogP contribution in [-0.2, 0) is 11.2 Å². The summed E-state index contributed by atoms with van der Waals surface area (Å²) >= 11 is -0.216. The fourth-order valence-corrected chi connectivity index (χ4v) is 4.81. The molecule has 5 nitrogen and oxygen atoms in total. The van der Waals surface area contributed by atoms with Crippen LogP contribution < -0.4 is 4.74 Å². The number of hydrogen-bond donors (Lipinski definition) is 0. The third-order valence-electron chi connectivity index (χ3n) is 3.79. The summed E-state index contributed by atoms with van der Waals surface area (Å²) in [6.45, 7) is 7.99. The number of fused-ring (bicyclic) bond motifs is 1. The predicted molar refractivity (Wildman–Crippen MR) is 90.4 cm³/mol. The Morgan fingerprint density at radius 1 is 1.50 bits per heavy atom. The Kier molecular flexibility index (Phi) is 4.25. The summed E-state index contributed by atoms with van der Waals surface area (Å²) in [5, 5.41) is 9.45. The van der Waals surface area contributed by atoms with Crippen molar-refractivity contribution in [1.82, 2.24) is 4.98 Å². The Labute approximate surface area is 147 Å². The van der Waals surface area contributed by atoms with Gasteiger partial charge in [0.2, 0.25) is 0 Å². The Bertz CT molecular complexity index is 862. The average Bonchev–Trinajstić information content (AvgIpc) is 3.04. The van der Waals surface area contributed by atoms with Gasteiger partial charge in [0.15, 0.2) is 0 Å². The molecule has 0 saturated heterocycles. The Morgan fingerprint density at radius 3 is 2.92 bits per heavy atom. The molecule has 0 N–H and O–H groups in total. The molecule has 2 aromatic rings. The van der Waals surface area contributed by atoms with Crippen LogP contribution in [0.5, 0.6) is 5.75 Å². The number of nitrogens with zero attached hydrogens (tertiary/aromatic N) is 2. The SMILES string of the molecule is CCOC(=O)c1[se]c(-c2cc(C#N)c3c(c2)CC(C)(C)O3)nc1C. The number of nitriles is 1. The van der Waals surface area contributed by atoms with Gasteiger partial charge in [-0.2, -0.15) is 0 Å². The minimum absolute atomic E-state index is 0.216. The van der Waals surface area contributed by atoms with Crippen molar-refractivity contribution in [3.8, 4) is 22.0 Å². The number of rotatable bonds is 3. The van der Waals surface area contributed by atoms with Crippen LogP contribution in [0.25, 0.3) is 10.1 Å². The standard InChI is InChI=1S/C18H18N2O3Se/c1-5-22-17(21)15-10(2)20-16(24-15)11-6-12-8-18(3,4)23-14(12)13(7-11)9-19/h6-7H,5,8H2,1-4H3. The van der Waals surface area contributed by atoms with Crippen LogP contribution in [0.3, 0.4) is 0 Å². The van der Waals surface area contributed by atoms with Crippen LogP contribution >= 0.6 is 0 Å². The van der Waals surface area contributed by atoms with E-state index >= 15 is 0 Å². The van der Waals surface area contributed by atoms with Crippen LogP contribution in [0.1, 0.15) is 46.8 Å². The van der Waals surface area contributed by atoms with Gasteiger partial charge in [-0.05, 0) is 0 Å². The molecular formula is C18H18N2O3Se. The number of hydrogen-bond acceptors (Lipinski definition) is 5. The van der Waals surface area contributed by atoms with Crippen molar-refractivity contribution in [2.45, 2.75) is 39.7 Å². The molecule has 0 spiro atoms. The van der Waals surface area contributed by atoms with E-state index in [0.717, 1.165) is 22.1 Å². The topological polar surface area (TPSA) is 72.2 Å². The second kappa shape index (κ2) is 6.08. The van der Waals surface area contributed by atoms with Crippen molar-refractivity contribution >= 4 is 20.5 Å². The zero-order valence-electron chi connectivity index (χ0n) is 14.1. The molecule has 6 heteroatoms. The third kappa shape index (κ3) is 2.98. The Balaban J connectivity index is 2.05. The van der Waals surface area contributed by atoms with E-state index in [1.165, 1.54) is 0 Å². The summed E-state index contributed by atoms with van der Waals surface area (Å²) in [6.07, 6.45) is 0.752. The number of esters is 1. The van der Waals surface area contributed by atoms with E-state index in [9.17, 15) is 10.1 Å². The number of aromatic nitrogens is 1. The van der Waals surface area contributed by atoms with E-state index in [4.69, 9.17) is 9.47 Å². The first-order valence-corrected chi connectivity index (χ1v) is 9.47. The first-order chi connectivity index (χ1) is 11.3. The maximum atomic E-state index is 12.0. The molecule has 0 aliphatic carbocycles. The summed E-state index contributed by atoms with van der Waals surface area (Å²) in [5.41, 5.74) is 2.84. The molecule has 0 amide bonds. The maximum absolute atomic E-state index is 12.0. The zero-order chi connectivity index (χ0) is 17.5. The number of ether oxygens (including phenoxy) is 2. The van der Waals surface area contributed by atoms with Crippen molar-refractivity contribution < 1.29 is 14.3 Å². The van der Waals surface area contributed by atoms with Crippen molar-refractivity contribution in [3.05, 3.63) is 33.4 Å². The van der Waals surface area contributed by atoms with E-state index in [-0.39, 0.29) is 26.1 Å². The van der Waals surface area contributed by atoms with E-state index in [2.05, 4.69) is 11.1 Å². The van der Waals surface area contributed by atoms with Gasteiger partial charge < -0.3 is 0 Å². The molecule has 0 bridgehead atoms. The number of benzene rings is 1. The normalized spacial score (nSPS) is 14.6. The molecule has 2 heterocycles. The van der Waals surface area contributed by atoms with Gasteiger partial charge in [0.05, 0.1) is 0 Å². The first kappa shape index (κ1) is 16.8. The minimum atomic E-state index is -0.306. The van der Waals surface area contributed by atoms with Crippen molar-refractivity contribution in [3.63, 3.8) is 0 Å². The van der Waals surface area contributed by atoms with Gasteiger partial charge in [-0.3, -0.25) is 0 Å². The van der Waals surface area contributed by atoms with E-state index in [0.29, 0.717) is 28.1 Å². The van der Waals surface area contributed by atoms with E-state index in [1.807, 2.05) is 32.9 Å². The Morgan fingerprint density at radius 2 is 2.25 bits per heavy atom. The molecule has 0 saturated carbocycles. The summed E-state index contributed by atoms with van der Waals surface area (Å²) in [5.74, 6) is 0.382. The molecule has 0 atom stereocenters. The van der Waals surface area contributed by atoms with Crippen molar-refractivity contribution in [1.29, 1.82) is 5.26 Å². The van der Waals surface area contributed by atoms with Crippen LogP contribution in [0, 0.1) is 18.3 Å². The quantitative estimate of drug-likeness (QED) is 0.596. The van der Waals surface area contributed by atoms with Gasteiger partial charge in [-0.1, -0.05) is 0 Å². The summed E-state index contributed by atoms with van der Waals surface area (Å²) in [7, 11) is 0. The summed E-state index contributed by atoms with van der Waals surface area (Å²) < 4.78 is 12.5. The third-order valence-corrected chi connectivity index (χ3v) is 6.27. The molecule has 1 aromatic heterocycles. The van der Waals surface area contributed by atoms with Gasteiger partial charge in [0.25, 0.3) is 0 Å². The van der Waals surface area contributed by atoms with Gasteiger partial charge in [-0.15, -0.1) is 0 Å². The molecular weight excluding hydrogens is 371 g/mol. The summed E-state index contributed by atoms with van der Waals surface area (Å²) in [6, 6.07) is 6.06.